The highest BCUT2D eigenvalue weighted by Gasteiger charge is 2.33. The highest BCUT2D eigenvalue weighted by molar-refractivity contribution is 8.00. The topological polar surface area (TPSA) is 44.4 Å². The number of thiocarbonyl (C=S) groups is 1. The largest absolute Gasteiger partial charge is 0.332 e. The van der Waals surface area contributed by atoms with Gasteiger partial charge >= 0.3 is 0 Å². The summed E-state index contributed by atoms with van der Waals surface area (Å²) in [5.74, 6) is 0.151. The van der Waals surface area contributed by atoms with Crippen LogP contribution in [0.4, 0.5) is 17.1 Å². The van der Waals surface area contributed by atoms with E-state index in [1.807, 2.05) is 84.6 Å². The molecule has 1 amide bonds. The van der Waals surface area contributed by atoms with Crippen LogP contribution in [0.3, 0.4) is 0 Å². The average molecular weight is 448 g/mol. The number of hydrogen-bond acceptors (Lipinski definition) is 3. The number of hydrogen-bond donors (Lipinski definition) is 2. The van der Waals surface area contributed by atoms with Crippen LogP contribution in [0.15, 0.2) is 83.8 Å². The smallest absolute Gasteiger partial charge is 0.240 e. The van der Waals surface area contributed by atoms with Crippen LogP contribution >= 0.6 is 24.0 Å². The van der Waals surface area contributed by atoms with Crippen molar-refractivity contribution in [2.45, 2.75) is 36.5 Å². The van der Waals surface area contributed by atoms with Gasteiger partial charge in [0, 0.05) is 28.0 Å². The number of amides is 1. The molecule has 31 heavy (non-hydrogen) atoms. The summed E-state index contributed by atoms with van der Waals surface area (Å²) >= 11 is 6.96. The molecule has 1 heterocycles. The van der Waals surface area contributed by atoms with Gasteiger partial charge in [-0.1, -0.05) is 36.4 Å². The van der Waals surface area contributed by atoms with Crippen LogP contribution in [0.25, 0.3) is 0 Å². The van der Waals surface area contributed by atoms with E-state index in [1.54, 1.807) is 11.8 Å². The standard InChI is InChI=1S/C25H25N3OS2/c1-17-16-19-8-6-7-11-23(19)28(17)24(29)18(2)31-22-14-12-21(13-15-22)27-25(30)26-20-9-4-3-5-10-20/h3-15,17-18H,16H2,1-2H3,(H2,26,27,30). The molecule has 2 N–H and O–H groups in total. The summed E-state index contributed by atoms with van der Waals surface area (Å²) in [5, 5.41) is 6.72. The number of nitrogens with zero attached hydrogens (tertiary/aromatic N) is 1. The number of rotatable bonds is 5. The quantitative estimate of drug-likeness (QED) is 0.374. The predicted octanol–water partition coefficient (Wildman–Crippen LogP) is 5.95. The number of fused-ring (bicyclic) bond motifs is 1. The fourth-order valence-corrected chi connectivity index (χ4v) is 4.94. The van der Waals surface area contributed by atoms with Crippen molar-refractivity contribution in [3.8, 4) is 0 Å². The zero-order valence-corrected chi connectivity index (χ0v) is 19.2. The second-order valence-corrected chi connectivity index (χ2v) is 9.44. The summed E-state index contributed by atoms with van der Waals surface area (Å²) < 4.78 is 0. The maximum Gasteiger partial charge on any atom is 0.240 e. The first-order chi connectivity index (χ1) is 15.0. The number of carbonyl (C=O) groups is 1. The summed E-state index contributed by atoms with van der Waals surface area (Å²) in [5.41, 5.74) is 4.14. The molecule has 0 spiro atoms. The van der Waals surface area contributed by atoms with Gasteiger partial charge in [-0.3, -0.25) is 4.79 Å². The van der Waals surface area contributed by atoms with Crippen molar-refractivity contribution in [2.75, 3.05) is 15.5 Å². The Labute approximate surface area is 193 Å². The Bertz CT molecular complexity index is 1070. The molecule has 0 saturated heterocycles. The monoisotopic (exact) mass is 447 g/mol. The molecule has 0 aliphatic carbocycles. The van der Waals surface area contributed by atoms with Crippen molar-refractivity contribution in [1.82, 2.24) is 0 Å². The van der Waals surface area contributed by atoms with Gasteiger partial charge in [-0.25, -0.2) is 0 Å². The van der Waals surface area contributed by atoms with E-state index in [4.69, 9.17) is 12.2 Å². The molecule has 2 unspecified atom stereocenters. The Kier molecular flexibility index (Phi) is 6.59. The van der Waals surface area contributed by atoms with Crippen molar-refractivity contribution < 1.29 is 4.79 Å². The summed E-state index contributed by atoms with van der Waals surface area (Å²) in [6.07, 6.45) is 0.913. The molecular formula is C25H25N3OS2. The molecule has 0 radical (unpaired) electrons. The molecule has 1 aliphatic heterocycles. The van der Waals surface area contributed by atoms with Gasteiger partial charge in [0.15, 0.2) is 5.11 Å². The van der Waals surface area contributed by atoms with Crippen LogP contribution in [0, 0.1) is 0 Å². The summed E-state index contributed by atoms with van der Waals surface area (Å²) in [7, 11) is 0. The van der Waals surface area contributed by atoms with Crippen LogP contribution in [-0.2, 0) is 11.2 Å². The van der Waals surface area contributed by atoms with E-state index in [2.05, 4.69) is 23.6 Å². The minimum atomic E-state index is -0.173. The second-order valence-electron chi connectivity index (χ2n) is 7.62. The molecule has 0 saturated carbocycles. The lowest BCUT2D eigenvalue weighted by Gasteiger charge is -2.26. The van der Waals surface area contributed by atoms with Crippen LogP contribution in [0.5, 0.6) is 0 Å². The minimum absolute atomic E-state index is 0.151. The van der Waals surface area contributed by atoms with Gasteiger partial charge in [-0.15, -0.1) is 11.8 Å². The number of thioether (sulfide) groups is 1. The zero-order valence-electron chi connectivity index (χ0n) is 17.5. The van der Waals surface area contributed by atoms with Crippen molar-refractivity contribution in [3.63, 3.8) is 0 Å². The van der Waals surface area contributed by atoms with Crippen LogP contribution < -0.4 is 15.5 Å². The number of para-hydroxylation sites is 2. The van der Waals surface area contributed by atoms with Crippen molar-refractivity contribution >= 4 is 52.1 Å². The van der Waals surface area contributed by atoms with E-state index in [9.17, 15) is 4.79 Å². The average Bonchev–Trinajstić information content (AvgIpc) is 3.10. The van der Waals surface area contributed by atoms with Crippen LogP contribution in [-0.4, -0.2) is 22.3 Å². The van der Waals surface area contributed by atoms with Gasteiger partial charge in [0.2, 0.25) is 5.91 Å². The number of carbonyl (C=O) groups excluding carboxylic acids is 1. The Morgan fingerprint density at radius 2 is 1.58 bits per heavy atom. The maximum atomic E-state index is 13.2. The Hall–Kier alpha value is -2.83. The van der Waals surface area contributed by atoms with E-state index < -0.39 is 0 Å². The molecule has 4 rings (SSSR count). The third-order valence-electron chi connectivity index (χ3n) is 5.25. The minimum Gasteiger partial charge on any atom is -0.332 e. The van der Waals surface area contributed by atoms with E-state index in [0.717, 1.165) is 28.4 Å². The maximum absolute atomic E-state index is 13.2. The highest BCUT2D eigenvalue weighted by atomic mass is 32.2. The molecule has 0 bridgehead atoms. The molecular weight excluding hydrogens is 422 g/mol. The number of benzene rings is 3. The van der Waals surface area contributed by atoms with Crippen LogP contribution in [0.1, 0.15) is 19.4 Å². The van der Waals surface area contributed by atoms with Gasteiger partial charge in [0.05, 0.1) is 5.25 Å². The summed E-state index contributed by atoms with van der Waals surface area (Å²) in [4.78, 5) is 16.2. The molecule has 6 heteroatoms. The molecule has 0 fully saturated rings. The molecule has 3 aromatic carbocycles. The fraction of sp³-hybridized carbons (Fsp3) is 0.200. The van der Waals surface area contributed by atoms with Crippen molar-refractivity contribution in [1.29, 1.82) is 0 Å². The Balaban J connectivity index is 1.35. The first kappa shape index (κ1) is 21.4. The zero-order chi connectivity index (χ0) is 21.8. The predicted molar refractivity (Wildman–Crippen MR) is 135 cm³/mol. The molecule has 4 nitrogen and oxygen atoms in total. The number of nitrogens with one attached hydrogen (secondary N) is 2. The molecule has 3 aromatic rings. The first-order valence-electron chi connectivity index (χ1n) is 10.3. The van der Waals surface area contributed by atoms with Gasteiger partial charge in [0.1, 0.15) is 0 Å². The first-order valence-corrected chi connectivity index (χ1v) is 11.6. The third kappa shape index (κ3) is 5.09. The van der Waals surface area contributed by atoms with Gasteiger partial charge < -0.3 is 15.5 Å². The lowest BCUT2D eigenvalue weighted by atomic mass is 10.1. The van der Waals surface area contributed by atoms with Crippen molar-refractivity contribution in [2.24, 2.45) is 0 Å². The molecule has 0 aromatic heterocycles. The summed E-state index contributed by atoms with van der Waals surface area (Å²) in [6.45, 7) is 4.09. The molecule has 1 aliphatic rings. The normalized spacial score (nSPS) is 15.8. The Morgan fingerprint density at radius 1 is 0.968 bits per heavy atom. The van der Waals surface area contributed by atoms with E-state index in [1.165, 1.54) is 5.56 Å². The van der Waals surface area contributed by atoms with Gasteiger partial charge in [-0.2, -0.15) is 0 Å². The molecule has 2 atom stereocenters. The fourth-order valence-electron chi connectivity index (χ4n) is 3.78. The van der Waals surface area contributed by atoms with Gasteiger partial charge in [-0.05, 0) is 80.5 Å². The van der Waals surface area contributed by atoms with E-state index in [-0.39, 0.29) is 17.2 Å². The highest BCUT2D eigenvalue weighted by Crippen LogP contribution is 2.35. The lowest BCUT2D eigenvalue weighted by Crippen LogP contribution is -2.40. The van der Waals surface area contributed by atoms with Crippen LogP contribution in [0.2, 0.25) is 0 Å². The van der Waals surface area contributed by atoms with Gasteiger partial charge in [0.25, 0.3) is 0 Å². The van der Waals surface area contributed by atoms with Crippen molar-refractivity contribution in [3.05, 3.63) is 84.4 Å². The summed E-state index contributed by atoms with van der Waals surface area (Å²) in [6, 6.07) is 26.2. The second kappa shape index (κ2) is 9.54. The lowest BCUT2D eigenvalue weighted by molar-refractivity contribution is -0.118. The third-order valence-corrected chi connectivity index (χ3v) is 6.55. The Morgan fingerprint density at radius 3 is 2.29 bits per heavy atom. The van der Waals surface area contributed by atoms with E-state index in [0.29, 0.717) is 5.11 Å². The number of anilines is 3. The van der Waals surface area contributed by atoms with E-state index >= 15 is 0 Å². The molecule has 158 valence electrons. The SMILES string of the molecule is CC(Sc1ccc(NC(=S)Nc2ccccc2)cc1)C(=O)N1c2ccccc2CC1C.